The Labute approximate surface area is 118 Å². The van der Waals surface area contributed by atoms with Gasteiger partial charge in [-0.2, -0.15) is 13.2 Å². The molecule has 2 aromatic rings. The fraction of sp³-hybridized carbons (Fsp3) is 0.0833. The smallest absolute Gasteiger partial charge is 0.288 e. The molecule has 0 radical (unpaired) electrons. The Balaban J connectivity index is 2.53. The van der Waals surface area contributed by atoms with Crippen LogP contribution in [0.5, 0.6) is 0 Å². The van der Waals surface area contributed by atoms with E-state index in [1.54, 1.807) is 11.4 Å². The van der Waals surface area contributed by atoms with E-state index in [1.807, 2.05) is 0 Å². The van der Waals surface area contributed by atoms with Gasteiger partial charge in [-0.25, -0.2) is 4.39 Å². The van der Waals surface area contributed by atoms with E-state index in [-0.39, 0.29) is 4.88 Å². The predicted octanol–water partition coefficient (Wildman–Crippen LogP) is 4.90. The third-order valence-corrected chi connectivity index (χ3v) is 4.21. The number of halogens is 5. The first-order chi connectivity index (χ1) is 8.82. The van der Waals surface area contributed by atoms with Crippen molar-refractivity contribution in [2.45, 2.75) is 6.18 Å². The quantitative estimate of drug-likeness (QED) is 0.555. The summed E-state index contributed by atoms with van der Waals surface area (Å²) in [5.41, 5.74) is -2.02. The molecule has 0 aliphatic carbocycles. The maximum atomic E-state index is 13.8. The van der Waals surface area contributed by atoms with E-state index in [0.29, 0.717) is 10.5 Å². The van der Waals surface area contributed by atoms with Gasteiger partial charge in [0.15, 0.2) is 0 Å². The zero-order chi connectivity index (χ0) is 14.2. The zero-order valence-corrected chi connectivity index (χ0v) is 11.5. The first kappa shape index (κ1) is 14.2. The van der Waals surface area contributed by atoms with E-state index in [9.17, 15) is 22.4 Å². The van der Waals surface area contributed by atoms with Gasteiger partial charge in [0.25, 0.3) is 0 Å². The minimum atomic E-state index is -4.83. The minimum Gasteiger partial charge on any atom is -0.288 e. The number of carbonyl (C=O) groups excluding carboxylic acids is 1. The molecule has 0 saturated heterocycles. The molecule has 0 aliphatic heterocycles. The standard InChI is InChI=1S/C12H5BrF4OS/c13-8-4-5-19-11(8)10(18)6-2-1-3-7(9(6)14)12(15,16)17/h1-5H. The summed E-state index contributed by atoms with van der Waals surface area (Å²) in [4.78, 5) is 12.2. The van der Waals surface area contributed by atoms with Crippen molar-refractivity contribution < 1.29 is 22.4 Å². The number of thiophene rings is 1. The second-order valence-corrected chi connectivity index (χ2v) is 5.36. The van der Waals surface area contributed by atoms with E-state index in [1.165, 1.54) is 0 Å². The molecule has 2 rings (SSSR count). The first-order valence-electron chi connectivity index (χ1n) is 4.95. The minimum absolute atomic E-state index is 0.165. The van der Waals surface area contributed by atoms with Crippen LogP contribution in [0, 0.1) is 5.82 Å². The first-order valence-corrected chi connectivity index (χ1v) is 6.63. The van der Waals surface area contributed by atoms with Crippen molar-refractivity contribution in [2.24, 2.45) is 0 Å². The maximum Gasteiger partial charge on any atom is 0.419 e. The zero-order valence-electron chi connectivity index (χ0n) is 9.09. The Morgan fingerprint density at radius 3 is 2.42 bits per heavy atom. The topological polar surface area (TPSA) is 17.1 Å². The number of alkyl halides is 3. The van der Waals surface area contributed by atoms with Gasteiger partial charge in [-0.05, 0) is 39.5 Å². The van der Waals surface area contributed by atoms with Crippen LogP contribution < -0.4 is 0 Å². The van der Waals surface area contributed by atoms with E-state index in [0.717, 1.165) is 23.5 Å². The van der Waals surface area contributed by atoms with Crippen LogP contribution in [-0.2, 0) is 6.18 Å². The molecule has 0 bridgehead atoms. The van der Waals surface area contributed by atoms with Gasteiger partial charge in [0.2, 0.25) is 5.78 Å². The highest BCUT2D eigenvalue weighted by atomic mass is 79.9. The molecule has 0 unspecified atom stereocenters. The second kappa shape index (κ2) is 5.05. The Morgan fingerprint density at radius 2 is 1.89 bits per heavy atom. The lowest BCUT2D eigenvalue weighted by Crippen LogP contribution is -2.12. The molecule has 1 nitrogen and oxygen atoms in total. The Kier molecular flexibility index (Phi) is 3.78. The Morgan fingerprint density at radius 1 is 1.21 bits per heavy atom. The van der Waals surface area contributed by atoms with Crippen molar-refractivity contribution in [1.29, 1.82) is 0 Å². The highest BCUT2D eigenvalue weighted by Crippen LogP contribution is 2.34. The summed E-state index contributed by atoms with van der Waals surface area (Å²) in [5, 5.41) is 1.59. The van der Waals surface area contributed by atoms with Gasteiger partial charge in [-0.1, -0.05) is 6.07 Å². The van der Waals surface area contributed by atoms with Crippen LogP contribution >= 0.6 is 27.3 Å². The Hall–Kier alpha value is -1.21. The summed E-state index contributed by atoms with van der Waals surface area (Å²) in [6.45, 7) is 0. The number of ketones is 1. The summed E-state index contributed by atoms with van der Waals surface area (Å²) in [5.74, 6) is -2.31. The SMILES string of the molecule is O=C(c1cccc(C(F)(F)F)c1F)c1sccc1Br. The van der Waals surface area contributed by atoms with Gasteiger partial charge in [-0.15, -0.1) is 11.3 Å². The van der Waals surface area contributed by atoms with Crippen LogP contribution in [0.2, 0.25) is 0 Å². The molecule has 0 spiro atoms. The van der Waals surface area contributed by atoms with Crippen LogP contribution in [0.3, 0.4) is 0 Å². The summed E-state index contributed by atoms with van der Waals surface area (Å²) in [6.07, 6.45) is -4.83. The van der Waals surface area contributed by atoms with Crippen LogP contribution in [0.25, 0.3) is 0 Å². The monoisotopic (exact) mass is 352 g/mol. The highest BCUT2D eigenvalue weighted by molar-refractivity contribution is 9.10. The van der Waals surface area contributed by atoms with Crippen molar-refractivity contribution in [3.63, 3.8) is 0 Å². The summed E-state index contributed by atoms with van der Waals surface area (Å²) < 4.78 is 51.9. The number of hydrogen-bond donors (Lipinski definition) is 0. The largest absolute Gasteiger partial charge is 0.419 e. The van der Waals surface area contributed by atoms with Crippen molar-refractivity contribution in [2.75, 3.05) is 0 Å². The molecule has 0 saturated carbocycles. The third-order valence-electron chi connectivity index (χ3n) is 2.37. The lowest BCUT2D eigenvalue weighted by Gasteiger charge is -2.10. The van der Waals surface area contributed by atoms with E-state index >= 15 is 0 Å². The van der Waals surface area contributed by atoms with Crippen molar-refractivity contribution >= 4 is 33.0 Å². The number of rotatable bonds is 2. The molecular weight excluding hydrogens is 348 g/mol. The van der Waals surface area contributed by atoms with Crippen LogP contribution in [0.15, 0.2) is 34.1 Å². The van der Waals surface area contributed by atoms with Crippen LogP contribution in [-0.4, -0.2) is 5.78 Å². The van der Waals surface area contributed by atoms with E-state index < -0.39 is 28.9 Å². The van der Waals surface area contributed by atoms with Gasteiger partial charge < -0.3 is 0 Å². The molecule has 0 fully saturated rings. The normalized spacial score (nSPS) is 11.6. The average molecular weight is 353 g/mol. The maximum absolute atomic E-state index is 13.8. The summed E-state index contributed by atoms with van der Waals surface area (Å²) in [7, 11) is 0. The van der Waals surface area contributed by atoms with Gasteiger partial charge >= 0.3 is 6.18 Å². The van der Waals surface area contributed by atoms with Crippen molar-refractivity contribution in [3.8, 4) is 0 Å². The fourth-order valence-corrected chi connectivity index (χ4v) is 3.01. The summed E-state index contributed by atoms with van der Waals surface area (Å²) >= 11 is 4.12. The van der Waals surface area contributed by atoms with Gasteiger partial charge in [0.1, 0.15) is 5.82 Å². The van der Waals surface area contributed by atoms with E-state index in [4.69, 9.17) is 0 Å². The third kappa shape index (κ3) is 2.71. The molecule has 7 heteroatoms. The predicted molar refractivity (Wildman–Crippen MR) is 66.9 cm³/mol. The molecule has 1 aromatic heterocycles. The number of benzene rings is 1. The molecule has 1 aromatic carbocycles. The van der Waals surface area contributed by atoms with Gasteiger partial charge in [0.05, 0.1) is 16.0 Å². The van der Waals surface area contributed by atoms with Crippen molar-refractivity contribution in [3.05, 3.63) is 55.9 Å². The second-order valence-electron chi connectivity index (χ2n) is 3.59. The van der Waals surface area contributed by atoms with Gasteiger partial charge in [0, 0.05) is 4.47 Å². The number of carbonyl (C=O) groups is 1. The van der Waals surface area contributed by atoms with E-state index in [2.05, 4.69) is 15.9 Å². The lowest BCUT2D eigenvalue weighted by molar-refractivity contribution is -0.140. The molecule has 1 heterocycles. The average Bonchev–Trinajstić information content (AvgIpc) is 2.73. The number of hydrogen-bond acceptors (Lipinski definition) is 2. The van der Waals surface area contributed by atoms with Crippen molar-refractivity contribution in [1.82, 2.24) is 0 Å². The van der Waals surface area contributed by atoms with Crippen LogP contribution in [0.4, 0.5) is 17.6 Å². The molecule has 100 valence electrons. The molecular formula is C12H5BrF4OS. The van der Waals surface area contributed by atoms with Gasteiger partial charge in [-0.3, -0.25) is 4.79 Å². The molecule has 0 atom stereocenters. The molecule has 19 heavy (non-hydrogen) atoms. The van der Waals surface area contributed by atoms with Crippen LogP contribution in [0.1, 0.15) is 20.8 Å². The lowest BCUT2D eigenvalue weighted by atomic mass is 10.0. The highest BCUT2D eigenvalue weighted by Gasteiger charge is 2.36. The molecule has 0 amide bonds. The molecule has 0 N–H and O–H groups in total. The summed E-state index contributed by atoms with van der Waals surface area (Å²) in [6, 6.07) is 4.23. The molecule has 0 aliphatic rings. The fourth-order valence-electron chi connectivity index (χ4n) is 1.50. The Bertz CT molecular complexity index is 633.